The van der Waals surface area contributed by atoms with Crippen molar-refractivity contribution in [2.24, 2.45) is 5.41 Å². The lowest BCUT2D eigenvalue weighted by atomic mass is 9.77. The van der Waals surface area contributed by atoms with Crippen LogP contribution in [0.15, 0.2) is 0 Å². The summed E-state index contributed by atoms with van der Waals surface area (Å²) >= 11 is 0. The smallest absolute Gasteiger partial charge is 0.0468 e. The zero-order valence-corrected chi connectivity index (χ0v) is 10.4. The van der Waals surface area contributed by atoms with Crippen LogP contribution in [0.2, 0.25) is 0 Å². The van der Waals surface area contributed by atoms with E-state index in [1.165, 1.54) is 32.1 Å². The Bertz CT molecular complexity index is 117. The highest BCUT2D eigenvalue weighted by molar-refractivity contribution is 4.79. The average Bonchev–Trinajstić information content (AvgIpc) is 2.22. The highest BCUT2D eigenvalue weighted by Gasteiger charge is 2.26. The van der Waals surface area contributed by atoms with Crippen LogP contribution in [0.3, 0.4) is 0 Å². The van der Waals surface area contributed by atoms with E-state index in [9.17, 15) is 0 Å². The first kappa shape index (κ1) is 13.9. The Morgan fingerprint density at radius 2 is 1.93 bits per heavy atom. The highest BCUT2D eigenvalue weighted by atomic mass is 16.5. The van der Waals surface area contributed by atoms with Crippen LogP contribution in [0.25, 0.3) is 0 Å². The second-order valence-electron chi connectivity index (χ2n) is 4.23. The summed E-state index contributed by atoms with van der Waals surface area (Å²) in [4.78, 5) is 0. The summed E-state index contributed by atoms with van der Waals surface area (Å²) in [6.07, 6.45) is 6.37. The van der Waals surface area contributed by atoms with Crippen LogP contribution in [0, 0.1) is 5.41 Å². The fourth-order valence-electron chi connectivity index (χ4n) is 2.03. The fraction of sp³-hybridized carbons (Fsp3) is 1.00. The molecule has 14 heavy (non-hydrogen) atoms. The molecule has 1 unspecified atom stereocenters. The second-order valence-corrected chi connectivity index (χ2v) is 4.23. The first-order valence-electron chi connectivity index (χ1n) is 5.88. The van der Waals surface area contributed by atoms with Gasteiger partial charge in [0.2, 0.25) is 0 Å². The van der Waals surface area contributed by atoms with Crippen molar-refractivity contribution in [3.05, 3.63) is 0 Å². The Labute approximate surface area is 89.4 Å². The van der Waals surface area contributed by atoms with Crippen molar-refractivity contribution in [3.63, 3.8) is 0 Å². The van der Waals surface area contributed by atoms with E-state index in [1.807, 2.05) is 7.05 Å². The fourth-order valence-corrected chi connectivity index (χ4v) is 2.03. The summed E-state index contributed by atoms with van der Waals surface area (Å²) in [6.45, 7) is 6.56. The van der Waals surface area contributed by atoms with E-state index >= 15 is 0 Å². The van der Waals surface area contributed by atoms with Crippen LogP contribution in [0.1, 0.15) is 46.0 Å². The maximum Gasteiger partial charge on any atom is 0.0468 e. The quantitative estimate of drug-likeness (QED) is 0.619. The molecule has 2 heteroatoms. The Morgan fingerprint density at radius 1 is 1.21 bits per heavy atom. The van der Waals surface area contributed by atoms with Crippen LogP contribution in [0.5, 0.6) is 0 Å². The monoisotopic (exact) mass is 201 g/mol. The van der Waals surface area contributed by atoms with Crippen LogP contribution >= 0.6 is 0 Å². The zero-order valence-electron chi connectivity index (χ0n) is 10.4. The normalized spacial score (nSPS) is 15.4. The minimum atomic E-state index is 0.459. The summed E-state index contributed by atoms with van der Waals surface area (Å²) in [5.74, 6) is 0. The molecule has 0 rings (SSSR count). The molecule has 0 aromatic heterocycles. The lowest BCUT2D eigenvalue weighted by Crippen LogP contribution is -2.33. The molecular weight excluding hydrogens is 174 g/mol. The van der Waals surface area contributed by atoms with Gasteiger partial charge in [0.05, 0.1) is 0 Å². The van der Waals surface area contributed by atoms with Crippen molar-refractivity contribution in [3.8, 4) is 0 Å². The van der Waals surface area contributed by atoms with Gasteiger partial charge in [0.25, 0.3) is 0 Å². The van der Waals surface area contributed by atoms with Gasteiger partial charge in [-0.25, -0.2) is 0 Å². The molecule has 0 fully saturated rings. The molecule has 86 valence electrons. The van der Waals surface area contributed by atoms with E-state index < -0.39 is 0 Å². The molecule has 0 amide bonds. The molecule has 0 aromatic carbocycles. The number of nitrogens with one attached hydrogen (secondary N) is 1. The minimum absolute atomic E-state index is 0.459. The topological polar surface area (TPSA) is 21.3 Å². The maximum atomic E-state index is 5.20. The van der Waals surface area contributed by atoms with E-state index in [4.69, 9.17) is 4.74 Å². The first-order valence-corrected chi connectivity index (χ1v) is 5.88. The van der Waals surface area contributed by atoms with E-state index in [0.717, 1.165) is 13.2 Å². The van der Waals surface area contributed by atoms with Gasteiger partial charge in [-0.1, -0.05) is 26.7 Å². The molecule has 0 radical (unpaired) electrons. The molecule has 0 heterocycles. The third kappa shape index (κ3) is 4.97. The molecule has 0 aliphatic rings. The van der Waals surface area contributed by atoms with Gasteiger partial charge in [-0.2, -0.15) is 0 Å². The number of rotatable bonds is 9. The Morgan fingerprint density at radius 3 is 2.36 bits per heavy atom. The summed E-state index contributed by atoms with van der Waals surface area (Å²) in [5, 5.41) is 3.32. The molecule has 1 N–H and O–H groups in total. The third-order valence-corrected chi connectivity index (χ3v) is 3.20. The SMILES string of the molecule is CCCCC(CC)(CCOC)CNC. The Kier molecular flexibility index (Phi) is 8.20. The van der Waals surface area contributed by atoms with Crippen molar-refractivity contribution in [1.29, 1.82) is 0 Å². The molecular formula is C12H27NO. The van der Waals surface area contributed by atoms with Gasteiger partial charge in [0.15, 0.2) is 0 Å². The standard InChI is InChI=1S/C12H27NO/c1-5-7-8-12(6-2,11-13-3)9-10-14-4/h13H,5-11H2,1-4H3. The van der Waals surface area contributed by atoms with Crippen LogP contribution < -0.4 is 5.32 Å². The molecule has 0 aromatic rings. The molecule has 0 aliphatic heterocycles. The zero-order chi connectivity index (χ0) is 10.9. The average molecular weight is 201 g/mol. The minimum Gasteiger partial charge on any atom is -0.385 e. The largest absolute Gasteiger partial charge is 0.385 e. The van der Waals surface area contributed by atoms with Crippen molar-refractivity contribution in [2.75, 3.05) is 27.3 Å². The number of methoxy groups -OCH3 is 1. The molecule has 0 aliphatic carbocycles. The highest BCUT2D eigenvalue weighted by Crippen LogP contribution is 2.32. The number of hydrogen-bond acceptors (Lipinski definition) is 2. The second kappa shape index (κ2) is 8.25. The Balaban J connectivity index is 4.11. The molecule has 1 atom stereocenters. The van der Waals surface area contributed by atoms with Crippen molar-refractivity contribution < 1.29 is 4.74 Å². The van der Waals surface area contributed by atoms with Gasteiger partial charge in [0.1, 0.15) is 0 Å². The van der Waals surface area contributed by atoms with Crippen molar-refractivity contribution in [1.82, 2.24) is 5.32 Å². The first-order chi connectivity index (χ1) is 6.74. The summed E-state index contributed by atoms with van der Waals surface area (Å²) in [5.41, 5.74) is 0.459. The van der Waals surface area contributed by atoms with Crippen LogP contribution in [0.4, 0.5) is 0 Å². The molecule has 0 saturated heterocycles. The van der Waals surface area contributed by atoms with Gasteiger partial charge in [-0.05, 0) is 31.7 Å². The van der Waals surface area contributed by atoms with Crippen molar-refractivity contribution in [2.45, 2.75) is 46.0 Å². The lowest BCUT2D eigenvalue weighted by Gasteiger charge is -2.32. The van der Waals surface area contributed by atoms with Crippen LogP contribution in [-0.4, -0.2) is 27.3 Å². The van der Waals surface area contributed by atoms with Gasteiger partial charge in [-0.15, -0.1) is 0 Å². The molecule has 2 nitrogen and oxygen atoms in total. The number of hydrogen-bond donors (Lipinski definition) is 1. The lowest BCUT2D eigenvalue weighted by molar-refractivity contribution is 0.122. The van der Waals surface area contributed by atoms with E-state index in [2.05, 4.69) is 19.2 Å². The van der Waals surface area contributed by atoms with E-state index in [0.29, 0.717) is 5.41 Å². The third-order valence-electron chi connectivity index (χ3n) is 3.20. The Hall–Kier alpha value is -0.0800. The molecule has 0 bridgehead atoms. The maximum absolute atomic E-state index is 5.20. The number of unbranched alkanes of at least 4 members (excludes halogenated alkanes) is 1. The van der Waals surface area contributed by atoms with E-state index in [-0.39, 0.29) is 0 Å². The van der Waals surface area contributed by atoms with E-state index in [1.54, 1.807) is 7.11 Å². The van der Waals surface area contributed by atoms with Crippen LogP contribution in [-0.2, 0) is 4.74 Å². The predicted octanol–water partition coefficient (Wildman–Crippen LogP) is 2.83. The van der Waals surface area contributed by atoms with Gasteiger partial charge >= 0.3 is 0 Å². The van der Waals surface area contributed by atoms with Gasteiger partial charge in [0, 0.05) is 20.3 Å². The van der Waals surface area contributed by atoms with Crippen molar-refractivity contribution >= 4 is 0 Å². The summed E-state index contributed by atoms with van der Waals surface area (Å²) < 4.78 is 5.20. The van der Waals surface area contributed by atoms with Gasteiger partial charge < -0.3 is 10.1 Å². The van der Waals surface area contributed by atoms with Gasteiger partial charge in [-0.3, -0.25) is 0 Å². The summed E-state index contributed by atoms with van der Waals surface area (Å²) in [7, 11) is 3.84. The predicted molar refractivity (Wildman–Crippen MR) is 62.7 cm³/mol. The molecule has 0 spiro atoms. The number of ether oxygens (including phenoxy) is 1. The molecule has 0 saturated carbocycles. The summed E-state index contributed by atoms with van der Waals surface area (Å²) in [6, 6.07) is 0.